The Hall–Kier alpha value is -0.0800. The molecular weight excluding hydrogens is 172 g/mol. The van der Waals surface area contributed by atoms with Gasteiger partial charge >= 0.3 is 0 Å². The van der Waals surface area contributed by atoms with Gasteiger partial charge in [0.05, 0.1) is 0 Å². The van der Waals surface area contributed by atoms with Crippen LogP contribution in [0.4, 0.5) is 0 Å². The lowest BCUT2D eigenvalue weighted by Crippen LogP contribution is -2.25. The Morgan fingerprint density at radius 1 is 1.00 bits per heavy atom. The van der Waals surface area contributed by atoms with E-state index in [9.17, 15) is 0 Å². The van der Waals surface area contributed by atoms with Crippen LogP contribution in [0.1, 0.15) is 45.4 Å². The second-order valence-corrected chi connectivity index (χ2v) is 4.44. The largest absolute Gasteiger partial charge is 0.317 e. The lowest BCUT2D eigenvalue weighted by atomic mass is 9.83. The van der Waals surface area contributed by atoms with E-state index in [-0.39, 0.29) is 0 Å². The molecule has 0 aromatic rings. The third-order valence-corrected chi connectivity index (χ3v) is 3.09. The van der Waals surface area contributed by atoms with Crippen molar-refractivity contribution in [3.63, 3.8) is 0 Å². The maximum Gasteiger partial charge on any atom is -0.00368 e. The van der Waals surface area contributed by atoms with Gasteiger partial charge in [0.2, 0.25) is 0 Å². The van der Waals surface area contributed by atoms with Crippen molar-refractivity contribution in [3.05, 3.63) is 0 Å². The Labute approximate surface area is 88.8 Å². The van der Waals surface area contributed by atoms with E-state index < -0.39 is 0 Å². The minimum atomic E-state index is 1.06. The van der Waals surface area contributed by atoms with Crippen LogP contribution in [-0.2, 0) is 0 Å². The summed E-state index contributed by atoms with van der Waals surface area (Å²) in [6.45, 7) is 6.97. The second-order valence-electron chi connectivity index (χ2n) is 4.44. The summed E-state index contributed by atoms with van der Waals surface area (Å²) < 4.78 is 0. The van der Waals surface area contributed by atoms with Gasteiger partial charge in [-0.15, -0.1) is 0 Å². The summed E-state index contributed by atoms with van der Waals surface area (Å²) in [5.74, 6) is 1.06. The molecule has 0 unspecified atom stereocenters. The highest BCUT2D eigenvalue weighted by atomic mass is 14.9. The first-order chi connectivity index (χ1) is 6.93. The predicted molar refractivity (Wildman–Crippen MR) is 62.6 cm³/mol. The van der Waals surface area contributed by atoms with Crippen LogP contribution in [0.5, 0.6) is 0 Å². The van der Waals surface area contributed by atoms with Crippen molar-refractivity contribution in [2.75, 3.05) is 26.2 Å². The maximum atomic E-state index is 3.52. The fraction of sp³-hybridized carbons (Fsp3) is 1.00. The van der Waals surface area contributed by atoms with Gasteiger partial charge < -0.3 is 10.6 Å². The molecule has 0 aromatic carbocycles. The van der Waals surface area contributed by atoms with E-state index in [1.54, 1.807) is 0 Å². The quantitative estimate of drug-likeness (QED) is 0.555. The molecule has 1 aliphatic rings. The van der Waals surface area contributed by atoms with Gasteiger partial charge in [-0.05, 0) is 51.4 Å². The van der Waals surface area contributed by atoms with Crippen molar-refractivity contribution in [2.24, 2.45) is 5.92 Å². The number of rotatable bonds is 9. The molecule has 0 amide bonds. The van der Waals surface area contributed by atoms with Crippen molar-refractivity contribution in [2.45, 2.75) is 45.4 Å². The molecule has 1 saturated carbocycles. The lowest BCUT2D eigenvalue weighted by Gasteiger charge is -2.25. The normalized spacial score (nSPS) is 16.9. The van der Waals surface area contributed by atoms with E-state index in [2.05, 4.69) is 17.6 Å². The fourth-order valence-corrected chi connectivity index (χ4v) is 1.85. The molecule has 0 spiro atoms. The number of hydrogen-bond acceptors (Lipinski definition) is 2. The molecule has 0 aromatic heterocycles. The van der Waals surface area contributed by atoms with Crippen molar-refractivity contribution in [3.8, 4) is 0 Å². The van der Waals surface area contributed by atoms with Crippen LogP contribution in [0.3, 0.4) is 0 Å². The molecule has 2 nitrogen and oxygen atoms in total. The molecule has 0 atom stereocenters. The lowest BCUT2D eigenvalue weighted by molar-refractivity contribution is 0.292. The highest BCUT2D eigenvalue weighted by molar-refractivity contribution is 4.70. The topological polar surface area (TPSA) is 24.1 Å². The van der Waals surface area contributed by atoms with Crippen molar-refractivity contribution in [1.82, 2.24) is 10.6 Å². The summed E-state index contributed by atoms with van der Waals surface area (Å²) in [5, 5.41) is 6.94. The van der Waals surface area contributed by atoms with Crippen LogP contribution in [-0.4, -0.2) is 26.2 Å². The standard InChI is InChI=1S/C12H26N2/c1-2-8-13-9-4-10-14-11-7-12-5-3-6-12/h12-14H,2-11H2,1H3. The van der Waals surface area contributed by atoms with Gasteiger partial charge in [-0.3, -0.25) is 0 Å². The number of hydrogen-bond donors (Lipinski definition) is 2. The fourth-order valence-electron chi connectivity index (χ4n) is 1.85. The Morgan fingerprint density at radius 3 is 2.29 bits per heavy atom. The van der Waals surface area contributed by atoms with Gasteiger partial charge in [0.25, 0.3) is 0 Å². The summed E-state index contributed by atoms with van der Waals surface area (Å²) in [5.41, 5.74) is 0. The molecule has 0 heterocycles. The van der Waals surface area contributed by atoms with Crippen LogP contribution in [0.15, 0.2) is 0 Å². The van der Waals surface area contributed by atoms with E-state index >= 15 is 0 Å². The summed E-state index contributed by atoms with van der Waals surface area (Å²) in [7, 11) is 0. The van der Waals surface area contributed by atoms with Gasteiger partial charge in [-0.25, -0.2) is 0 Å². The van der Waals surface area contributed by atoms with E-state index in [1.807, 2.05) is 0 Å². The zero-order valence-corrected chi connectivity index (χ0v) is 9.65. The van der Waals surface area contributed by atoms with E-state index in [0.29, 0.717) is 0 Å². The Bertz CT molecular complexity index is 121. The van der Waals surface area contributed by atoms with Crippen LogP contribution in [0, 0.1) is 5.92 Å². The van der Waals surface area contributed by atoms with Crippen LogP contribution in [0.2, 0.25) is 0 Å². The summed E-state index contributed by atoms with van der Waals surface area (Å²) in [6, 6.07) is 0. The van der Waals surface area contributed by atoms with Gasteiger partial charge in [0, 0.05) is 0 Å². The van der Waals surface area contributed by atoms with Crippen molar-refractivity contribution >= 4 is 0 Å². The molecule has 14 heavy (non-hydrogen) atoms. The predicted octanol–water partition coefficient (Wildman–Crippen LogP) is 2.16. The Kier molecular flexibility index (Phi) is 7.06. The Balaban J connectivity index is 1.67. The number of nitrogens with one attached hydrogen (secondary N) is 2. The summed E-state index contributed by atoms with van der Waals surface area (Å²) in [4.78, 5) is 0. The third-order valence-electron chi connectivity index (χ3n) is 3.09. The molecule has 0 bridgehead atoms. The van der Waals surface area contributed by atoms with E-state index in [1.165, 1.54) is 64.7 Å². The molecule has 84 valence electrons. The second kappa shape index (κ2) is 8.25. The van der Waals surface area contributed by atoms with Gasteiger partial charge in [0.15, 0.2) is 0 Å². The molecule has 0 radical (unpaired) electrons. The highest BCUT2D eigenvalue weighted by Crippen LogP contribution is 2.28. The van der Waals surface area contributed by atoms with Crippen molar-refractivity contribution < 1.29 is 0 Å². The third kappa shape index (κ3) is 5.61. The molecule has 1 aliphatic carbocycles. The van der Waals surface area contributed by atoms with E-state index in [4.69, 9.17) is 0 Å². The monoisotopic (exact) mass is 198 g/mol. The first kappa shape index (κ1) is 12.0. The zero-order chi connectivity index (χ0) is 10.1. The van der Waals surface area contributed by atoms with Crippen LogP contribution >= 0.6 is 0 Å². The summed E-state index contributed by atoms with van der Waals surface area (Å²) in [6.07, 6.45) is 8.37. The zero-order valence-electron chi connectivity index (χ0n) is 9.65. The average molecular weight is 198 g/mol. The van der Waals surface area contributed by atoms with Gasteiger partial charge in [0.1, 0.15) is 0 Å². The van der Waals surface area contributed by atoms with Gasteiger partial charge in [-0.1, -0.05) is 26.2 Å². The molecule has 1 fully saturated rings. The minimum absolute atomic E-state index is 1.06. The van der Waals surface area contributed by atoms with E-state index in [0.717, 1.165) is 5.92 Å². The first-order valence-corrected chi connectivity index (χ1v) is 6.35. The molecule has 0 aliphatic heterocycles. The van der Waals surface area contributed by atoms with Crippen LogP contribution < -0.4 is 10.6 Å². The summed E-state index contributed by atoms with van der Waals surface area (Å²) >= 11 is 0. The molecule has 2 N–H and O–H groups in total. The highest BCUT2D eigenvalue weighted by Gasteiger charge is 2.15. The van der Waals surface area contributed by atoms with Gasteiger partial charge in [-0.2, -0.15) is 0 Å². The minimum Gasteiger partial charge on any atom is -0.317 e. The average Bonchev–Trinajstić information content (AvgIpc) is 2.13. The van der Waals surface area contributed by atoms with Crippen molar-refractivity contribution in [1.29, 1.82) is 0 Å². The SMILES string of the molecule is CCCNCCCNCCC1CCC1. The Morgan fingerprint density at radius 2 is 1.71 bits per heavy atom. The molecular formula is C12H26N2. The molecule has 1 rings (SSSR count). The maximum absolute atomic E-state index is 3.52. The smallest absolute Gasteiger partial charge is 0.00368 e. The first-order valence-electron chi connectivity index (χ1n) is 6.35. The molecule has 0 saturated heterocycles. The van der Waals surface area contributed by atoms with Crippen LogP contribution in [0.25, 0.3) is 0 Å². The molecule has 2 heteroatoms.